The Labute approximate surface area is 898 Å². The number of sulfone groups is 1. The number of nitrogens with zero attached hydrogens (tertiary/aromatic N) is 4. The molecule has 9 aromatic carbocycles. The summed E-state index contributed by atoms with van der Waals surface area (Å²) >= 11 is 0. The maximum Gasteiger partial charge on any atom is 0.260 e. The number of hydrogen-bond acceptors (Lipinski definition) is 19. The quantitative estimate of drug-likeness (QED) is 0.0398. The van der Waals surface area contributed by atoms with E-state index in [1.54, 1.807) is 19.1 Å². The van der Waals surface area contributed by atoms with Crippen LogP contribution >= 0.6 is 0 Å². The van der Waals surface area contributed by atoms with Gasteiger partial charge in [0.25, 0.3) is 5.91 Å². The van der Waals surface area contributed by atoms with Crippen molar-refractivity contribution in [1.29, 1.82) is 0 Å². The van der Waals surface area contributed by atoms with Crippen LogP contribution in [0.15, 0.2) is 218 Å². The molecule has 4 saturated heterocycles. The van der Waals surface area contributed by atoms with Crippen LogP contribution in [0.4, 0.5) is 0 Å². The van der Waals surface area contributed by atoms with Crippen LogP contribution < -0.4 is 37.9 Å². The Morgan fingerprint density at radius 2 is 0.604 bits per heavy atom. The van der Waals surface area contributed by atoms with Crippen LogP contribution in [0.3, 0.4) is 0 Å². The first kappa shape index (κ1) is 129. The average molecular weight is 2080 g/mol. The van der Waals surface area contributed by atoms with E-state index in [2.05, 4.69) is 289 Å². The molecule has 0 bridgehead atoms. The molecule has 23 heteroatoms. The number of morpholine rings is 2. The van der Waals surface area contributed by atoms with Gasteiger partial charge in [0.05, 0.1) is 78.9 Å². The van der Waals surface area contributed by atoms with E-state index in [4.69, 9.17) is 62.3 Å². The molecule has 4 fully saturated rings. The molecule has 4 aliphatic rings. The van der Waals surface area contributed by atoms with E-state index in [1.807, 2.05) is 131 Å². The topological polar surface area (TPSA) is 240 Å². The summed E-state index contributed by atoms with van der Waals surface area (Å²) in [6, 6.07) is 73.3. The molecule has 0 aromatic heterocycles. The SMILES string of the molecule is CC(C)(C)c1cccc(CO)c1.CC(C)(C)c1cccc(OCC(=O)N2CCOCC2)c1.CC(C)(C)c1cccc(OCCCN2CCCC2=O)c1.CC(C)(C)c1cccc(OCCCS(C)(=O)=O)c1.CC(C)(C)c1cccc(OCCN2CCCC2=O)c1.CC(C)(C)c1cccc(OCCN2CCOCC2)c1.CC(C)(C)c1cccc(OCCO)c1.COCCOc1cccc(C(C)(C)C)c1.COc1cccc(C(C)(C)C)c1. The number of aliphatic hydroxyl groups is 2. The Balaban J connectivity index is 0.000000296. The zero-order valence-electron chi connectivity index (χ0n) is 96.6. The highest BCUT2D eigenvalue weighted by Crippen LogP contribution is 2.35. The summed E-state index contributed by atoms with van der Waals surface area (Å²) in [4.78, 5) is 42.9. The van der Waals surface area contributed by atoms with E-state index in [-0.39, 0.29) is 86.1 Å². The number of carbonyl (C=O) groups excluding carboxylic acids is 3. The lowest BCUT2D eigenvalue weighted by Crippen LogP contribution is -2.42. The van der Waals surface area contributed by atoms with Crippen LogP contribution in [0, 0.1) is 0 Å². The fraction of sp³-hybridized carbons (Fsp3) is 0.548. The largest absolute Gasteiger partial charge is 0.497 e. The summed E-state index contributed by atoms with van der Waals surface area (Å²) in [6.07, 6.45) is 6.07. The van der Waals surface area contributed by atoms with E-state index in [0.717, 1.165) is 130 Å². The van der Waals surface area contributed by atoms with Gasteiger partial charge in [-0.05, 0) is 227 Å². The van der Waals surface area contributed by atoms with E-state index < -0.39 is 9.84 Å². The summed E-state index contributed by atoms with van der Waals surface area (Å²) in [5, 5.41) is 17.6. The van der Waals surface area contributed by atoms with Gasteiger partial charge in [0.15, 0.2) is 6.61 Å². The number of hydrogen-bond donors (Lipinski definition) is 2. The summed E-state index contributed by atoms with van der Waals surface area (Å²) in [7, 11) is 0.482. The highest BCUT2D eigenvalue weighted by Gasteiger charge is 2.26. The van der Waals surface area contributed by atoms with Crippen LogP contribution in [0.2, 0.25) is 0 Å². The van der Waals surface area contributed by atoms with Crippen molar-refractivity contribution in [2.75, 3.05) is 171 Å². The van der Waals surface area contributed by atoms with Crippen LogP contribution in [-0.2, 0) is 93.8 Å². The number of rotatable bonds is 30. The summed E-state index contributed by atoms with van der Waals surface area (Å²) in [5.74, 6) is 7.75. The zero-order chi connectivity index (χ0) is 111. The lowest BCUT2D eigenvalue weighted by atomic mass is 9.86. The van der Waals surface area contributed by atoms with Gasteiger partial charge in [0.2, 0.25) is 11.8 Å². The zero-order valence-corrected chi connectivity index (χ0v) is 97.4. The normalized spacial score (nSPS) is 14.1. The van der Waals surface area contributed by atoms with Crippen molar-refractivity contribution in [3.63, 3.8) is 0 Å². The molecule has 3 amide bonds. The fourth-order valence-corrected chi connectivity index (χ4v) is 15.9. The fourth-order valence-electron chi connectivity index (χ4n) is 15.3. The summed E-state index contributed by atoms with van der Waals surface area (Å²) in [5.41, 5.74) is 13.7. The molecule has 0 saturated carbocycles. The third kappa shape index (κ3) is 52.9. The van der Waals surface area contributed by atoms with E-state index in [9.17, 15) is 22.8 Å². The van der Waals surface area contributed by atoms with Crippen molar-refractivity contribution >= 4 is 27.6 Å². The second-order valence-corrected chi connectivity index (χ2v) is 49.6. The van der Waals surface area contributed by atoms with Crippen molar-refractivity contribution in [3.05, 3.63) is 274 Å². The predicted molar refractivity (Wildman–Crippen MR) is 611 cm³/mol. The number of likely N-dealkylation sites (tertiary alicyclic amines) is 2. The molecule has 9 aromatic rings. The Hall–Kier alpha value is -10.5. The Morgan fingerprint density at radius 1 is 0.322 bits per heavy atom. The first-order valence-corrected chi connectivity index (χ1v) is 55.3. The van der Waals surface area contributed by atoms with E-state index in [0.29, 0.717) is 97.7 Å². The molecule has 0 radical (unpaired) electrons. The third-order valence-corrected chi connectivity index (χ3v) is 26.0. The molecule has 149 heavy (non-hydrogen) atoms. The molecule has 4 heterocycles. The first-order valence-electron chi connectivity index (χ1n) is 53.3. The highest BCUT2D eigenvalue weighted by atomic mass is 32.2. The van der Waals surface area contributed by atoms with Crippen LogP contribution in [0.5, 0.6) is 46.0 Å². The maximum atomic E-state index is 12.0. The molecule has 22 nitrogen and oxygen atoms in total. The second kappa shape index (κ2) is 63.1. The minimum Gasteiger partial charge on any atom is -0.497 e. The average Bonchev–Trinajstić information content (AvgIpc) is 1.82. The molecule has 4 aliphatic heterocycles. The number of methoxy groups -OCH3 is 2. The number of carbonyl (C=O) groups is 3. The molecular weight excluding hydrogens is 1890 g/mol. The standard InChI is InChI=1S/C17H25NO2.C16H23NO3.C16H23NO2.C16H25NO2.C14H22O3S.C13H20O2.C12H18O2.2C11H16O/c1-17(2,3)14-7-4-8-15(13-14)20-12-6-11-18-10-5-9-16(18)19;1-16(2,3)13-5-4-6-14(11-13)20-12-15(18)17-7-9-19-10-8-17;1-16(2,3)13-6-4-7-14(12-13)19-11-10-17-9-5-8-15(17)18;1-16(2,3)14-5-4-6-15(13-14)19-12-9-17-7-10-18-11-8-17;1-14(2,3)12-7-5-8-13(11-12)17-9-6-10-18(4,15)16;1-13(2,3)11-6-5-7-12(10-11)15-9-8-14-4;1-12(2,3)10-5-4-6-11(9-10)14-8-7-13;1-11(2,3)9-6-5-7-10(8-9)12-4;1-11(2,3)10-6-4-5-9(7-10)8-12/h4,7-8,13H,5-6,9-12H2,1-3H3;4-6,11H,7-10,12H2,1-3H3;4,6-7,12H,5,8-11H2,1-3H3;4-6,13H,7-12H2,1-3H3;5,7-8,11H,6,9-10H2,1-4H3;5-7,10H,8-9H2,1-4H3;4-6,9,13H,7-8H2,1-3H3;5-8H,1-4H3;4-7,12H,8H2,1-3H3. The summed E-state index contributed by atoms with van der Waals surface area (Å²) < 4.78 is 82.1. The molecule has 0 aliphatic carbocycles. The van der Waals surface area contributed by atoms with Gasteiger partial charge in [-0.2, -0.15) is 0 Å². The molecule has 0 atom stereocenters. The molecule has 13 rings (SSSR count). The monoisotopic (exact) mass is 2080 g/mol. The third-order valence-electron chi connectivity index (χ3n) is 25.0. The van der Waals surface area contributed by atoms with Crippen molar-refractivity contribution < 1.29 is 85.1 Å². The molecule has 0 unspecified atom stereocenters. The van der Waals surface area contributed by atoms with Gasteiger partial charge in [-0.1, -0.05) is 308 Å². The van der Waals surface area contributed by atoms with Crippen LogP contribution in [-0.4, -0.2) is 227 Å². The van der Waals surface area contributed by atoms with Crippen LogP contribution in [0.1, 0.15) is 281 Å². The van der Waals surface area contributed by atoms with Crippen molar-refractivity contribution in [3.8, 4) is 46.0 Å². The molecule has 826 valence electrons. The molecule has 2 N–H and O–H groups in total. The van der Waals surface area contributed by atoms with Crippen molar-refractivity contribution in [2.24, 2.45) is 0 Å². The van der Waals surface area contributed by atoms with Crippen molar-refractivity contribution in [1.82, 2.24) is 19.6 Å². The smallest absolute Gasteiger partial charge is 0.260 e. The highest BCUT2D eigenvalue weighted by molar-refractivity contribution is 7.90. The second-order valence-electron chi connectivity index (χ2n) is 47.4. The number of benzene rings is 9. The Kier molecular flexibility index (Phi) is 54.6. The number of amides is 3. The van der Waals surface area contributed by atoms with E-state index in [1.165, 1.54) is 56.3 Å². The van der Waals surface area contributed by atoms with Gasteiger partial charge in [-0.25, -0.2) is 8.42 Å². The number of ether oxygens (including phenoxy) is 11. The lowest BCUT2D eigenvalue weighted by molar-refractivity contribution is -0.137. The van der Waals surface area contributed by atoms with Crippen molar-refractivity contribution in [2.45, 2.75) is 281 Å². The Bertz CT molecular complexity index is 5410. The van der Waals surface area contributed by atoms with Gasteiger partial charge in [0.1, 0.15) is 82.3 Å². The van der Waals surface area contributed by atoms with Gasteiger partial charge in [-0.3, -0.25) is 19.3 Å². The van der Waals surface area contributed by atoms with Crippen LogP contribution in [0.25, 0.3) is 0 Å². The minimum atomic E-state index is -2.89. The lowest BCUT2D eigenvalue weighted by Gasteiger charge is -2.26. The van der Waals surface area contributed by atoms with E-state index >= 15 is 0 Å². The van der Waals surface area contributed by atoms with Gasteiger partial charge < -0.3 is 77.0 Å². The Morgan fingerprint density at radius 3 is 0.913 bits per heavy atom. The minimum absolute atomic E-state index is 0.0226. The molecule has 0 spiro atoms. The molecular formula is C126H188N4O18S. The maximum absolute atomic E-state index is 12.0. The van der Waals surface area contributed by atoms with Gasteiger partial charge in [-0.15, -0.1) is 0 Å². The predicted octanol–water partition coefficient (Wildman–Crippen LogP) is 24.9. The summed E-state index contributed by atoms with van der Waals surface area (Å²) in [6.45, 7) is 73.8. The van der Waals surface area contributed by atoms with Gasteiger partial charge in [0, 0.05) is 78.6 Å². The van der Waals surface area contributed by atoms with Gasteiger partial charge >= 0.3 is 0 Å². The first-order chi connectivity index (χ1) is 69.8. The number of aliphatic hydroxyl groups excluding tert-OH is 2.